The Morgan fingerprint density at radius 1 is 1.04 bits per heavy atom. The van der Waals surface area contributed by atoms with Gasteiger partial charge in [-0.15, -0.1) is 0 Å². The smallest absolute Gasteiger partial charge is 0.378 e. The normalized spacial score (nSPS) is 15.5. The van der Waals surface area contributed by atoms with Gasteiger partial charge in [-0.2, -0.15) is 13.2 Å². The van der Waals surface area contributed by atoms with Gasteiger partial charge in [0.05, 0.1) is 48.9 Å². The first-order valence-corrected chi connectivity index (χ1v) is 7.10. The van der Waals surface area contributed by atoms with Crippen LogP contribution in [0.15, 0.2) is 36.8 Å². The summed E-state index contributed by atoms with van der Waals surface area (Å²) in [6, 6.07) is 4.19. The lowest BCUT2D eigenvalue weighted by Crippen LogP contribution is -2.36. The fourth-order valence-electron chi connectivity index (χ4n) is 2.29. The molecule has 1 fully saturated rings. The van der Waals surface area contributed by atoms with E-state index in [1.54, 1.807) is 12.4 Å². The molecule has 0 bridgehead atoms. The van der Waals surface area contributed by atoms with Crippen molar-refractivity contribution in [3.8, 4) is 0 Å². The van der Waals surface area contributed by atoms with Crippen molar-refractivity contribution in [2.75, 3.05) is 36.5 Å². The Morgan fingerprint density at radius 3 is 2.48 bits per heavy atom. The van der Waals surface area contributed by atoms with E-state index in [0.717, 1.165) is 31.0 Å². The average molecular weight is 324 g/mol. The Hall–Kier alpha value is -2.35. The van der Waals surface area contributed by atoms with Crippen molar-refractivity contribution in [2.24, 2.45) is 0 Å². The van der Waals surface area contributed by atoms with Gasteiger partial charge in [0.25, 0.3) is 0 Å². The molecule has 1 N–H and O–H groups in total. The lowest BCUT2D eigenvalue weighted by Gasteiger charge is -2.28. The SMILES string of the molecule is FC(F)(F)c1ccc(Nc2cncc(N3CCOCC3)c2)cn1. The van der Waals surface area contributed by atoms with Crippen molar-refractivity contribution in [1.82, 2.24) is 9.97 Å². The van der Waals surface area contributed by atoms with Crippen LogP contribution in [0.3, 0.4) is 0 Å². The number of nitrogens with zero attached hydrogens (tertiary/aromatic N) is 3. The molecule has 23 heavy (non-hydrogen) atoms. The zero-order chi connectivity index (χ0) is 16.3. The minimum atomic E-state index is -4.43. The summed E-state index contributed by atoms with van der Waals surface area (Å²) in [5.74, 6) is 0. The summed E-state index contributed by atoms with van der Waals surface area (Å²) in [7, 11) is 0. The number of hydrogen-bond acceptors (Lipinski definition) is 5. The Labute approximate surface area is 131 Å². The van der Waals surface area contributed by atoms with Gasteiger partial charge in [-0.3, -0.25) is 4.98 Å². The summed E-state index contributed by atoms with van der Waals surface area (Å²) in [6.45, 7) is 2.90. The molecule has 122 valence electrons. The molecule has 1 aliphatic rings. The third-order valence-electron chi connectivity index (χ3n) is 3.44. The maximum atomic E-state index is 12.5. The molecule has 0 aromatic carbocycles. The van der Waals surface area contributed by atoms with Crippen LogP contribution in [0.2, 0.25) is 0 Å². The van der Waals surface area contributed by atoms with Crippen molar-refractivity contribution in [3.05, 3.63) is 42.5 Å². The molecule has 2 aromatic rings. The van der Waals surface area contributed by atoms with Crippen LogP contribution in [0.5, 0.6) is 0 Å². The van der Waals surface area contributed by atoms with Crippen molar-refractivity contribution in [3.63, 3.8) is 0 Å². The topological polar surface area (TPSA) is 50.3 Å². The maximum Gasteiger partial charge on any atom is 0.433 e. The quantitative estimate of drug-likeness (QED) is 0.940. The minimum absolute atomic E-state index is 0.471. The van der Waals surface area contributed by atoms with Gasteiger partial charge in [0.15, 0.2) is 0 Å². The highest BCUT2D eigenvalue weighted by Crippen LogP contribution is 2.28. The first-order valence-electron chi connectivity index (χ1n) is 7.10. The number of ether oxygens (including phenoxy) is 1. The van der Waals surface area contributed by atoms with Gasteiger partial charge in [0, 0.05) is 13.1 Å². The fourth-order valence-corrected chi connectivity index (χ4v) is 2.29. The molecule has 3 heterocycles. The van der Waals surface area contributed by atoms with Crippen molar-refractivity contribution < 1.29 is 17.9 Å². The van der Waals surface area contributed by atoms with Crippen LogP contribution in [-0.2, 0) is 10.9 Å². The third-order valence-corrected chi connectivity index (χ3v) is 3.44. The Kier molecular flexibility index (Phi) is 4.33. The Bertz CT molecular complexity index is 655. The number of rotatable bonds is 3. The van der Waals surface area contributed by atoms with Crippen LogP contribution in [-0.4, -0.2) is 36.3 Å². The maximum absolute atomic E-state index is 12.5. The summed E-state index contributed by atoms with van der Waals surface area (Å²) in [4.78, 5) is 9.74. The highest BCUT2D eigenvalue weighted by molar-refractivity contribution is 5.63. The molecule has 0 saturated carbocycles. The standard InChI is InChI=1S/C15H15F3N4O/c16-15(17,18)14-2-1-11(9-20-14)21-12-7-13(10-19-8-12)22-3-5-23-6-4-22/h1-2,7-10,21H,3-6H2. The van der Waals surface area contributed by atoms with Crippen LogP contribution in [0.1, 0.15) is 5.69 Å². The zero-order valence-electron chi connectivity index (χ0n) is 12.2. The minimum Gasteiger partial charge on any atom is -0.378 e. The number of hydrogen-bond donors (Lipinski definition) is 1. The van der Waals surface area contributed by atoms with E-state index < -0.39 is 11.9 Å². The molecule has 2 aromatic heterocycles. The molecule has 0 aliphatic carbocycles. The second-order valence-corrected chi connectivity index (χ2v) is 5.09. The fraction of sp³-hybridized carbons (Fsp3) is 0.333. The van der Waals surface area contributed by atoms with Crippen LogP contribution in [0.25, 0.3) is 0 Å². The second-order valence-electron chi connectivity index (χ2n) is 5.09. The highest BCUT2D eigenvalue weighted by atomic mass is 19.4. The van der Waals surface area contributed by atoms with Gasteiger partial charge in [-0.25, -0.2) is 4.98 Å². The summed E-state index contributed by atoms with van der Waals surface area (Å²) < 4.78 is 42.8. The molecule has 0 spiro atoms. The van der Waals surface area contributed by atoms with E-state index in [-0.39, 0.29) is 0 Å². The second kappa shape index (κ2) is 6.41. The predicted molar refractivity (Wildman–Crippen MR) is 79.8 cm³/mol. The molecule has 5 nitrogen and oxygen atoms in total. The average Bonchev–Trinajstić information content (AvgIpc) is 2.56. The number of nitrogens with one attached hydrogen (secondary N) is 1. The lowest BCUT2D eigenvalue weighted by molar-refractivity contribution is -0.141. The summed E-state index contributed by atoms with van der Waals surface area (Å²) in [6.07, 6.45) is 0.0870. The lowest BCUT2D eigenvalue weighted by atomic mass is 10.3. The van der Waals surface area contributed by atoms with E-state index in [4.69, 9.17) is 4.74 Å². The molecule has 8 heteroatoms. The predicted octanol–water partition coefficient (Wildman–Crippen LogP) is 3.08. The molecule has 0 atom stereocenters. The van der Waals surface area contributed by atoms with E-state index in [2.05, 4.69) is 20.2 Å². The molecule has 3 rings (SSSR count). The van der Waals surface area contributed by atoms with Gasteiger partial charge in [0.1, 0.15) is 5.69 Å². The molecule has 1 saturated heterocycles. The van der Waals surface area contributed by atoms with Crippen LogP contribution in [0.4, 0.5) is 30.2 Å². The monoisotopic (exact) mass is 324 g/mol. The first-order chi connectivity index (χ1) is 11.0. The Balaban J connectivity index is 1.72. The van der Waals surface area contributed by atoms with Crippen molar-refractivity contribution in [2.45, 2.75) is 6.18 Å². The molecular formula is C15H15F3N4O. The van der Waals surface area contributed by atoms with Crippen molar-refractivity contribution in [1.29, 1.82) is 0 Å². The first kappa shape index (κ1) is 15.5. The van der Waals surface area contributed by atoms with Gasteiger partial charge in [-0.05, 0) is 18.2 Å². The van der Waals surface area contributed by atoms with E-state index in [0.29, 0.717) is 24.6 Å². The van der Waals surface area contributed by atoms with Crippen LogP contribution >= 0.6 is 0 Å². The van der Waals surface area contributed by atoms with E-state index in [9.17, 15) is 13.2 Å². The van der Waals surface area contributed by atoms with E-state index in [1.165, 1.54) is 6.07 Å². The third kappa shape index (κ3) is 3.89. The van der Waals surface area contributed by atoms with Gasteiger partial charge < -0.3 is 15.0 Å². The number of halogens is 3. The van der Waals surface area contributed by atoms with Crippen LogP contribution < -0.4 is 10.2 Å². The molecule has 0 radical (unpaired) electrons. The summed E-state index contributed by atoms with van der Waals surface area (Å²) >= 11 is 0. The summed E-state index contributed by atoms with van der Waals surface area (Å²) in [5.41, 5.74) is 1.19. The van der Waals surface area contributed by atoms with Gasteiger partial charge >= 0.3 is 6.18 Å². The van der Waals surface area contributed by atoms with E-state index >= 15 is 0 Å². The number of anilines is 3. The largest absolute Gasteiger partial charge is 0.433 e. The Morgan fingerprint density at radius 2 is 1.83 bits per heavy atom. The van der Waals surface area contributed by atoms with Gasteiger partial charge in [0.2, 0.25) is 0 Å². The van der Waals surface area contributed by atoms with E-state index in [1.807, 2.05) is 6.07 Å². The van der Waals surface area contributed by atoms with Gasteiger partial charge in [-0.1, -0.05) is 0 Å². The molecule has 0 unspecified atom stereocenters. The zero-order valence-corrected chi connectivity index (χ0v) is 12.2. The van der Waals surface area contributed by atoms with Crippen LogP contribution in [0, 0.1) is 0 Å². The number of pyridine rings is 2. The molecular weight excluding hydrogens is 309 g/mol. The summed E-state index contributed by atoms with van der Waals surface area (Å²) in [5, 5.41) is 3.01. The molecule has 1 aliphatic heterocycles. The van der Waals surface area contributed by atoms with Crippen molar-refractivity contribution >= 4 is 17.1 Å². The number of alkyl halides is 3. The highest BCUT2D eigenvalue weighted by Gasteiger charge is 2.32. The molecule has 0 amide bonds. The number of aromatic nitrogens is 2. The number of morpholine rings is 1.